The van der Waals surface area contributed by atoms with Crippen molar-refractivity contribution in [3.05, 3.63) is 81.3 Å². The molecule has 2 N–H and O–H groups in total. The number of nitro benzene ring substituents is 1. The topological polar surface area (TPSA) is 131 Å². The van der Waals surface area contributed by atoms with Gasteiger partial charge in [0.15, 0.2) is 0 Å². The van der Waals surface area contributed by atoms with Gasteiger partial charge in [0, 0.05) is 17.7 Å². The van der Waals surface area contributed by atoms with E-state index in [1.54, 1.807) is 35.6 Å². The number of sulfonamides is 1. The number of carbonyl (C=O) groups excluding carboxylic acids is 1. The predicted octanol–water partition coefficient (Wildman–Crippen LogP) is 6.68. The molecular weight excluding hydrogens is 548 g/mol. The number of fused-ring (bicyclic) bond motifs is 1. The van der Waals surface area contributed by atoms with Gasteiger partial charge in [0.1, 0.15) is 5.69 Å². The molecule has 1 amide bonds. The monoisotopic (exact) mass is 578 g/mol. The van der Waals surface area contributed by atoms with E-state index in [9.17, 15) is 23.3 Å². The van der Waals surface area contributed by atoms with Crippen LogP contribution in [0.2, 0.25) is 0 Å². The average Bonchev–Trinajstić information content (AvgIpc) is 3.32. The highest BCUT2D eigenvalue weighted by molar-refractivity contribution is 7.90. The first-order chi connectivity index (χ1) is 19.1. The highest BCUT2D eigenvalue weighted by Crippen LogP contribution is 2.33. The van der Waals surface area contributed by atoms with Crippen molar-refractivity contribution in [3.8, 4) is 11.1 Å². The zero-order chi connectivity index (χ0) is 28.4. The van der Waals surface area contributed by atoms with Crippen molar-refractivity contribution in [1.82, 2.24) is 9.71 Å². The zero-order valence-electron chi connectivity index (χ0n) is 22.2. The van der Waals surface area contributed by atoms with Crippen LogP contribution >= 0.6 is 11.3 Å². The number of benzene rings is 3. The largest absolute Gasteiger partial charge is 0.377 e. The van der Waals surface area contributed by atoms with Crippen molar-refractivity contribution < 1.29 is 18.1 Å². The van der Waals surface area contributed by atoms with E-state index in [1.165, 1.54) is 18.6 Å². The Hall–Kier alpha value is -3.83. The minimum Gasteiger partial charge on any atom is -0.377 e. The predicted molar refractivity (Wildman–Crippen MR) is 157 cm³/mol. The summed E-state index contributed by atoms with van der Waals surface area (Å²) in [6.07, 6.45) is 5.60. The number of hydrogen-bond donors (Lipinski definition) is 2. The number of amides is 1. The number of aromatic nitrogens is 1. The molecule has 40 heavy (non-hydrogen) atoms. The van der Waals surface area contributed by atoms with Crippen molar-refractivity contribution in [2.24, 2.45) is 5.92 Å². The molecule has 0 bridgehead atoms. The molecule has 1 atom stereocenters. The van der Waals surface area contributed by atoms with Gasteiger partial charge in [-0.2, -0.15) is 0 Å². The summed E-state index contributed by atoms with van der Waals surface area (Å²) in [6, 6.07) is 16.2. The van der Waals surface area contributed by atoms with E-state index in [1.807, 2.05) is 36.8 Å². The first-order valence-corrected chi connectivity index (χ1v) is 15.5. The SMILES string of the molecule is Cc1nc2cc(-c3ccc(C(=O)NS(=O)(=O)c4ccc(NC(C)C5CCCCC5)c([N+](=O)[O-])c4)cc3)ccc2s1. The summed E-state index contributed by atoms with van der Waals surface area (Å²) in [7, 11) is -4.35. The van der Waals surface area contributed by atoms with Crippen LogP contribution < -0.4 is 10.0 Å². The highest BCUT2D eigenvalue weighted by atomic mass is 32.2. The molecule has 1 saturated carbocycles. The zero-order valence-corrected chi connectivity index (χ0v) is 23.8. The first kappa shape index (κ1) is 27.7. The Morgan fingerprint density at radius 2 is 1.73 bits per heavy atom. The van der Waals surface area contributed by atoms with Gasteiger partial charge in [-0.3, -0.25) is 14.9 Å². The van der Waals surface area contributed by atoms with Gasteiger partial charge < -0.3 is 5.32 Å². The van der Waals surface area contributed by atoms with Gasteiger partial charge >= 0.3 is 0 Å². The minimum absolute atomic E-state index is 0.0108. The second-order valence-corrected chi connectivity index (χ2v) is 13.1. The molecule has 1 aliphatic carbocycles. The highest BCUT2D eigenvalue weighted by Gasteiger charge is 2.26. The Kier molecular flexibility index (Phi) is 7.86. The second-order valence-electron chi connectivity index (χ2n) is 10.2. The summed E-state index contributed by atoms with van der Waals surface area (Å²) >= 11 is 1.62. The Morgan fingerprint density at radius 1 is 1.02 bits per heavy atom. The van der Waals surface area contributed by atoms with E-state index in [2.05, 4.69) is 10.3 Å². The first-order valence-electron chi connectivity index (χ1n) is 13.2. The number of aryl methyl sites for hydroxylation is 1. The quantitative estimate of drug-likeness (QED) is 0.176. The third-order valence-electron chi connectivity index (χ3n) is 7.42. The number of rotatable bonds is 8. The fourth-order valence-corrected chi connectivity index (χ4v) is 7.03. The number of nitrogens with one attached hydrogen (secondary N) is 2. The van der Waals surface area contributed by atoms with Gasteiger partial charge in [-0.05, 0) is 80.1 Å². The van der Waals surface area contributed by atoms with Crippen molar-refractivity contribution in [2.45, 2.75) is 56.9 Å². The summed E-state index contributed by atoms with van der Waals surface area (Å²) in [4.78, 5) is 28.2. The van der Waals surface area contributed by atoms with Gasteiger partial charge in [-0.15, -0.1) is 11.3 Å². The van der Waals surface area contributed by atoms with E-state index in [4.69, 9.17) is 0 Å². The lowest BCUT2D eigenvalue weighted by atomic mass is 9.84. The molecule has 1 unspecified atom stereocenters. The summed E-state index contributed by atoms with van der Waals surface area (Å²) < 4.78 is 29.1. The lowest BCUT2D eigenvalue weighted by molar-refractivity contribution is -0.384. The Labute approximate surface area is 236 Å². The van der Waals surface area contributed by atoms with E-state index in [0.717, 1.165) is 58.1 Å². The van der Waals surface area contributed by atoms with Crippen LogP contribution in [0.4, 0.5) is 11.4 Å². The van der Waals surface area contributed by atoms with Crippen LogP contribution in [0.3, 0.4) is 0 Å². The van der Waals surface area contributed by atoms with Crippen LogP contribution in [-0.4, -0.2) is 30.3 Å². The molecule has 208 valence electrons. The molecule has 0 saturated heterocycles. The number of hydrogen-bond acceptors (Lipinski definition) is 8. The van der Waals surface area contributed by atoms with Gasteiger partial charge in [0.25, 0.3) is 21.6 Å². The van der Waals surface area contributed by atoms with E-state index < -0.39 is 20.9 Å². The smallest absolute Gasteiger partial charge is 0.293 e. The lowest BCUT2D eigenvalue weighted by Gasteiger charge is -2.28. The molecule has 0 spiro atoms. The summed E-state index contributed by atoms with van der Waals surface area (Å²) in [5, 5.41) is 16.0. The molecule has 4 aromatic rings. The third kappa shape index (κ3) is 6.00. The van der Waals surface area contributed by atoms with E-state index >= 15 is 0 Å². The molecule has 1 aromatic heterocycles. The van der Waals surface area contributed by atoms with Crippen LogP contribution in [0, 0.1) is 23.0 Å². The lowest BCUT2D eigenvalue weighted by Crippen LogP contribution is -2.31. The van der Waals surface area contributed by atoms with Crippen molar-refractivity contribution in [2.75, 3.05) is 5.32 Å². The van der Waals surface area contributed by atoms with E-state index in [-0.39, 0.29) is 27.9 Å². The molecular formula is C29H30N4O5S2. The Bertz CT molecular complexity index is 1680. The van der Waals surface area contributed by atoms with Crippen molar-refractivity contribution in [1.29, 1.82) is 0 Å². The van der Waals surface area contributed by atoms with Gasteiger partial charge in [0.2, 0.25) is 0 Å². The van der Waals surface area contributed by atoms with Crippen LogP contribution in [0.5, 0.6) is 0 Å². The number of nitrogens with zero attached hydrogens (tertiary/aromatic N) is 2. The molecule has 3 aromatic carbocycles. The molecule has 1 fully saturated rings. The summed E-state index contributed by atoms with van der Waals surface area (Å²) in [6.45, 7) is 3.95. The van der Waals surface area contributed by atoms with Crippen LogP contribution in [0.25, 0.3) is 21.3 Å². The van der Waals surface area contributed by atoms with Gasteiger partial charge in [0.05, 0.1) is 25.0 Å². The maximum atomic E-state index is 13.0. The number of nitro groups is 1. The van der Waals surface area contributed by atoms with Crippen molar-refractivity contribution >= 4 is 48.9 Å². The molecule has 5 rings (SSSR count). The van der Waals surface area contributed by atoms with Crippen LogP contribution in [0.15, 0.2) is 65.6 Å². The van der Waals surface area contributed by atoms with Crippen LogP contribution in [-0.2, 0) is 10.0 Å². The number of thiazole rings is 1. The van der Waals surface area contributed by atoms with Crippen molar-refractivity contribution in [3.63, 3.8) is 0 Å². The maximum Gasteiger partial charge on any atom is 0.293 e. The normalized spacial score (nSPS) is 15.1. The minimum atomic E-state index is -4.35. The van der Waals surface area contributed by atoms with Gasteiger partial charge in [-0.1, -0.05) is 37.5 Å². The molecule has 11 heteroatoms. The molecule has 0 radical (unpaired) electrons. The van der Waals surface area contributed by atoms with E-state index in [0.29, 0.717) is 5.92 Å². The van der Waals surface area contributed by atoms with Crippen LogP contribution in [0.1, 0.15) is 54.4 Å². The third-order valence-corrected chi connectivity index (χ3v) is 9.70. The average molecular weight is 579 g/mol. The maximum absolute atomic E-state index is 13.0. The number of anilines is 1. The molecule has 9 nitrogen and oxygen atoms in total. The Balaban J connectivity index is 1.31. The molecule has 0 aliphatic heterocycles. The molecule has 1 aliphatic rings. The summed E-state index contributed by atoms with van der Waals surface area (Å²) in [5.41, 5.74) is 2.73. The summed E-state index contributed by atoms with van der Waals surface area (Å²) in [5.74, 6) is -0.422. The fourth-order valence-electron chi connectivity index (χ4n) is 5.23. The fraction of sp³-hybridized carbons (Fsp3) is 0.310. The molecule has 1 heterocycles. The number of carbonyl (C=O) groups is 1. The Morgan fingerprint density at radius 3 is 2.42 bits per heavy atom. The standard InChI is InChI=1S/C29H30N4O5S2/c1-18(20-6-4-3-5-7-20)30-25-14-13-24(17-27(25)33(35)36)40(37,38)32-29(34)22-10-8-21(9-11-22)23-12-15-28-26(16-23)31-19(2)39-28/h8-18,20,30H,3-7H2,1-2H3,(H,32,34). The van der Waals surface area contributed by atoms with Gasteiger partial charge in [-0.25, -0.2) is 18.1 Å². The second kappa shape index (κ2) is 11.3.